The van der Waals surface area contributed by atoms with Gasteiger partial charge in [0.1, 0.15) is 11.4 Å². The monoisotopic (exact) mass is 271 g/mol. The molecule has 1 atom stereocenters. The summed E-state index contributed by atoms with van der Waals surface area (Å²) in [6.07, 6.45) is 1.61. The van der Waals surface area contributed by atoms with Crippen LogP contribution in [-0.2, 0) is 0 Å². The lowest BCUT2D eigenvalue weighted by Crippen LogP contribution is -2.54. The van der Waals surface area contributed by atoms with Crippen LogP contribution >= 0.6 is 15.9 Å². The van der Waals surface area contributed by atoms with Gasteiger partial charge in [0.25, 0.3) is 0 Å². The molecule has 1 amide bonds. The van der Waals surface area contributed by atoms with Crippen molar-refractivity contribution in [1.29, 1.82) is 0 Å². The Hall–Kier alpha value is -0.980. The largest absolute Gasteiger partial charge is 0.624 e. The number of aromatic nitrogens is 1. The van der Waals surface area contributed by atoms with Crippen molar-refractivity contribution in [3.8, 4) is 0 Å². The first-order valence-corrected chi connectivity index (χ1v) is 5.19. The predicted molar refractivity (Wildman–Crippen MR) is 59.1 cm³/mol. The van der Waals surface area contributed by atoms with Crippen LogP contribution < -0.4 is 4.90 Å². The molecule has 0 fully saturated rings. The lowest BCUT2D eigenvalue weighted by molar-refractivity contribution is -0.776. The van der Waals surface area contributed by atoms with E-state index in [0.717, 1.165) is 0 Å². The normalized spacial score (nSPS) is 25.3. The molecule has 0 radical (unpaired) electrons. The van der Waals surface area contributed by atoms with Crippen molar-refractivity contribution >= 4 is 27.7 Å². The number of amides is 1. The van der Waals surface area contributed by atoms with E-state index in [4.69, 9.17) is 0 Å². The van der Waals surface area contributed by atoms with E-state index in [9.17, 15) is 10.0 Å². The van der Waals surface area contributed by atoms with Crippen LogP contribution in [0.4, 0.5) is 5.82 Å². The van der Waals surface area contributed by atoms with Crippen LogP contribution in [0.1, 0.15) is 10.4 Å². The number of anilines is 1. The second kappa shape index (κ2) is 3.26. The summed E-state index contributed by atoms with van der Waals surface area (Å²) in [7, 11) is 3.10. The maximum absolute atomic E-state index is 11.8. The molecule has 0 saturated heterocycles. The van der Waals surface area contributed by atoms with Crippen LogP contribution in [0.2, 0.25) is 0 Å². The Labute approximate surface area is 95.6 Å². The highest BCUT2D eigenvalue weighted by atomic mass is 79.9. The average molecular weight is 272 g/mol. The highest BCUT2D eigenvalue weighted by molar-refractivity contribution is 9.10. The molecule has 0 N–H and O–H groups in total. The van der Waals surface area contributed by atoms with Crippen molar-refractivity contribution in [3.05, 3.63) is 27.5 Å². The third-order valence-electron chi connectivity index (χ3n) is 2.34. The molecule has 0 saturated carbocycles. The van der Waals surface area contributed by atoms with E-state index in [1.807, 2.05) is 0 Å². The fourth-order valence-corrected chi connectivity index (χ4v) is 2.02. The molecule has 80 valence electrons. The number of carbonyl (C=O) groups is 1. The minimum Gasteiger partial charge on any atom is -0.624 e. The Balaban J connectivity index is 2.60. The van der Waals surface area contributed by atoms with Gasteiger partial charge in [0.05, 0.1) is 7.05 Å². The van der Waals surface area contributed by atoms with E-state index in [-0.39, 0.29) is 6.67 Å². The predicted octanol–water partition coefficient (Wildman–Crippen LogP) is 1.34. The summed E-state index contributed by atoms with van der Waals surface area (Å²) in [5.74, 6) is 0.117. The maximum Gasteiger partial charge on any atom is 0.350 e. The number of quaternary nitrogens is 1. The van der Waals surface area contributed by atoms with Crippen LogP contribution in [0.25, 0.3) is 0 Å². The first kappa shape index (κ1) is 10.5. The Kier molecular flexibility index (Phi) is 2.29. The van der Waals surface area contributed by atoms with Gasteiger partial charge in [-0.3, -0.25) is 4.65 Å². The number of hydrogen-bond acceptors (Lipinski definition) is 4. The van der Waals surface area contributed by atoms with Gasteiger partial charge in [-0.15, -0.1) is 0 Å². The third kappa shape index (κ3) is 1.64. The summed E-state index contributed by atoms with van der Waals surface area (Å²) in [6.45, 7) is 0.0977. The number of fused-ring (bicyclic) bond motifs is 1. The molecule has 1 unspecified atom stereocenters. The zero-order chi connectivity index (χ0) is 11.2. The first-order valence-electron chi connectivity index (χ1n) is 4.40. The molecule has 15 heavy (non-hydrogen) atoms. The molecule has 1 aliphatic heterocycles. The van der Waals surface area contributed by atoms with Gasteiger partial charge in [0.15, 0.2) is 6.67 Å². The van der Waals surface area contributed by atoms with Gasteiger partial charge >= 0.3 is 5.91 Å². The van der Waals surface area contributed by atoms with Gasteiger partial charge in [-0.1, -0.05) is 0 Å². The molecular weight excluding hydrogens is 262 g/mol. The van der Waals surface area contributed by atoms with Crippen LogP contribution in [0.3, 0.4) is 0 Å². The number of pyridine rings is 1. The zero-order valence-electron chi connectivity index (χ0n) is 8.40. The highest BCUT2D eigenvalue weighted by Crippen LogP contribution is 2.28. The smallest absolute Gasteiger partial charge is 0.350 e. The Morgan fingerprint density at radius 2 is 2.33 bits per heavy atom. The standard InChI is InChI=1S/C9H10BrN3O2/c1-12-5-13(2,15)9(14)7-3-6(10)4-11-8(7)12/h3-4H,5H2,1-2H3. The summed E-state index contributed by atoms with van der Waals surface area (Å²) in [5.41, 5.74) is 0.371. The molecule has 1 aromatic rings. The van der Waals surface area contributed by atoms with Crippen molar-refractivity contribution in [3.63, 3.8) is 0 Å². The molecular formula is C9H10BrN3O2. The number of hydrogen-bond donors (Lipinski definition) is 0. The topological polar surface area (TPSA) is 56.3 Å². The summed E-state index contributed by atoms with van der Waals surface area (Å²) in [4.78, 5) is 17.6. The van der Waals surface area contributed by atoms with Crippen molar-refractivity contribution in [2.45, 2.75) is 0 Å². The van der Waals surface area contributed by atoms with Gasteiger partial charge in [-0.05, 0) is 22.0 Å². The average Bonchev–Trinajstić information content (AvgIpc) is 2.13. The fourth-order valence-electron chi connectivity index (χ4n) is 1.68. The quantitative estimate of drug-likeness (QED) is 0.528. The SMILES string of the molecule is CN1C[N+](C)([O-])C(=O)c2cc(Br)cnc21. The van der Waals surface area contributed by atoms with Crippen LogP contribution in [-0.4, -0.2) is 36.3 Å². The van der Waals surface area contributed by atoms with Gasteiger partial charge in [-0.25, -0.2) is 9.78 Å². The molecule has 0 bridgehead atoms. The number of hydroxylamine groups is 3. The number of nitrogens with zero attached hydrogens (tertiary/aromatic N) is 3. The third-order valence-corrected chi connectivity index (χ3v) is 2.77. The first-order chi connectivity index (χ1) is 6.92. The Morgan fingerprint density at radius 1 is 1.67 bits per heavy atom. The van der Waals surface area contributed by atoms with E-state index in [1.54, 1.807) is 24.2 Å². The molecule has 2 rings (SSSR count). The van der Waals surface area contributed by atoms with Gasteiger partial charge in [0, 0.05) is 17.7 Å². The summed E-state index contributed by atoms with van der Waals surface area (Å²) < 4.78 is -0.216. The minimum atomic E-state index is -0.915. The van der Waals surface area contributed by atoms with E-state index >= 15 is 0 Å². The molecule has 0 aliphatic carbocycles. The van der Waals surface area contributed by atoms with Crippen molar-refractivity contribution in [1.82, 2.24) is 4.98 Å². The van der Waals surface area contributed by atoms with E-state index in [1.165, 1.54) is 7.05 Å². The highest BCUT2D eigenvalue weighted by Gasteiger charge is 2.35. The summed E-state index contributed by atoms with van der Waals surface area (Å²) in [6, 6.07) is 1.63. The van der Waals surface area contributed by atoms with Crippen molar-refractivity contribution in [2.75, 3.05) is 25.7 Å². The molecule has 1 aromatic heterocycles. The fraction of sp³-hybridized carbons (Fsp3) is 0.333. The summed E-state index contributed by atoms with van der Waals surface area (Å²) >= 11 is 3.23. The van der Waals surface area contributed by atoms with Crippen LogP contribution in [0.15, 0.2) is 16.7 Å². The molecule has 2 heterocycles. The lowest BCUT2D eigenvalue weighted by atomic mass is 10.2. The minimum absolute atomic E-state index is 0.0977. The van der Waals surface area contributed by atoms with Gasteiger partial charge in [-0.2, -0.15) is 0 Å². The molecule has 6 heteroatoms. The van der Waals surface area contributed by atoms with Crippen molar-refractivity contribution < 1.29 is 9.44 Å². The van der Waals surface area contributed by atoms with E-state index in [0.29, 0.717) is 15.9 Å². The maximum atomic E-state index is 11.8. The van der Waals surface area contributed by atoms with Gasteiger partial charge in [0.2, 0.25) is 0 Å². The molecule has 0 spiro atoms. The number of carbonyl (C=O) groups excluding carboxylic acids is 1. The molecule has 1 aliphatic rings. The Bertz CT molecular complexity index is 433. The lowest BCUT2D eigenvalue weighted by Gasteiger charge is -2.42. The van der Waals surface area contributed by atoms with Gasteiger partial charge < -0.3 is 10.1 Å². The Morgan fingerprint density at radius 3 is 3.00 bits per heavy atom. The van der Waals surface area contributed by atoms with Crippen LogP contribution in [0, 0.1) is 5.21 Å². The number of rotatable bonds is 0. The molecule has 0 aromatic carbocycles. The number of halogens is 1. The van der Waals surface area contributed by atoms with Crippen molar-refractivity contribution in [2.24, 2.45) is 0 Å². The van der Waals surface area contributed by atoms with E-state index < -0.39 is 10.6 Å². The van der Waals surface area contributed by atoms with E-state index in [2.05, 4.69) is 20.9 Å². The van der Waals surface area contributed by atoms with Crippen LogP contribution in [0.5, 0.6) is 0 Å². The summed E-state index contributed by atoms with van der Waals surface area (Å²) in [5, 5.41) is 11.8. The second-order valence-corrected chi connectivity index (χ2v) is 4.69. The second-order valence-electron chi connectivity index (χ2n) is 3.77. The molecule has 5 nitrogen and oxygen atoms in total. The zero-order valence-corrected chi connectivity index (χ0v) is 9.98.